The highest BCUT2D eigenvalue weighted by atomic mass is 32.2. The van der Waals surface area contributed by atoms with Crippen LogP contribution in [-0.4, -0.2) is 71.1 Å². The van der Waals surface area contributed by atoms with E-state index in [0.717, 1.165) is 17.1 Å². The lowest BCUT2D eigenvalue weighted by molar-refractivity contribution is -0.119. The molecule has 1 amide bonds. The molecule has 0 aromatic heterocycles. The highest BCUT2D eigenvalue weighted by Crippen LogP contribution is 2.21. The van der Waals surface area contributed by atoms with E-state index in [9.17, 15) is 26.4 Å². The van der Waals surface area contributed by atoms with E-state index in [1.165, 1.54) is 66.9 Å². The maximum Gasteiger partial charge on any atom is 0.338 e. The van der Waals surface area contributed by atoms with Gasteiger partial charge in [0, 0.05) is 32.9 Å². The Labute approximate surface area is 193 Å². The van der Waals surface area contributed by atoms with Gasteiger partial charge in [0.1, 0.15) is 0 Å². The monoisotopic (exact) mass is 495 g/mol. The van der Waals surface area contributed by atoms with E-state index < -0.39 is 38.5 Å². The number of ether oxygens (including phenoxy) is 1. The molecule has 2 aromatic carbocycles. The number of nitrogens with one attached hydrogen (secondary N) is 1. The van der Waals surface area contributed by atoms with E-state index in [4.69, 9.17) is 4.74 Å². The maximum absolute atomic E-state index is 12.5. The lowest BCUT2D eigenvalue weighted by Gasteiger charge is -2.15. The van der Waals surface area contributed by atoms with Gasteiger partial charge in [-0.3, -0.25) is 4.79 Å². The van der Waals surface area contributed by atoms with Crippen molar-refractivity contribution in [1.82, 2.24) is 8.61 Å². The van der Waals surface area contributed by atoms with E-state index in [0.29, 0.717) is 18.8 Å². The summed E-state index contributed by atoms with van der Waals surface area (Å²) >= 11 is 0. The second kappa shape index (κ2) is 10.00. The van der Waals surface area contributed by atoms with Crippen LogP contribution in [0.1, 0.15) is 23.2 Å². The molecule has 178 valence electrons. The van der Waals surface area contributed by atoms with Crippen molar-refractivity contribution < 1.29 is 31.2 Å². The lowest BCUT2D eigenvalue weighted by atomic mass is 10.2. The topological polar surface area (TPSA) is 130 Å². The number of esters is 1. The molecule has 0 bridgehead atoms. The average Bonchev–Trinajstić information content (AvgIpc) is 3.34. The molecule has 10 nitrogen and oxygen atoms in total. The minimum Gasteiger partial charge on any atom is -0.452 e. The fraction of sp³-hybridized carbons (Fsp3) is 0.333. The summed E-state index contributed by atoms with van der Waals surface area (Å²) in [4.78, 5) is 24.4. The number of hydrogen-bond donors (Lipinski definition) is 1. The first-order chi connectivity index (χ1) is 15.5. The normalized spacial score (nSPS) is 14.9. The minimum atomic E-state index is -3.58. The standard InChI is InChI=1S/C21H25N3O7S2/c1-23(2)32(27,28)18-11-7-17(8-12-18)22-20(25)15-31-21(26)16-5-9-19(10-6-16)33(29,30)24-13-3-4-14-24/h5-12H,3-4,13-15H2,1-2H3,(H,22,25). The van der Waals surface area contributed by atoms with Crippen LogP contribution >= 0.6 is 0 Å². The molecule has 1 heterocycles. The Balaban J connectivity index is 1.54. The fourth-order valence-corrected chi connectivity index (χ4v) is 5.59. The number of rotatable bonds is 8. The summed E-state index contributed by atoms with van der Waals surface area (Å²) in [6.07, 6.45) is 1.65. The van der Waals surface area contributed by atoms with Gasteiger partial charge in [-0.05, 0) is 61.4 Å². The highest BCUT2D eigenvalue weighted by Gasteiger charge is 2.27. The number of amides is 1. The number of benzene rings is 2. The third kappa shape index (κ3) is 5.77. The van der Waals surface area contributed by atoms with E-state index in [2.05, 4.69) is 5.32 Å². The van der Waals surface area contributed by atoms with Crippen LogP contribution in [0.4, 0.5) is 5.69 Å². The van der Waals surface area contributed by atoms with Gasteiger partial charge in [0.2, 0.25) is 20.0 Å². The maximum atomic E-state index is 12.5. The SMILES string of the molecule is CN(C)S(=O)(=O)c1ccc(NC(=O)COC(=O)c2ccc(S(=O)(=O)N3CCCC3)cc2)cc1. The van der Waals surface area contributed by atoms with Crippen molar-refractivity contribution >= 4 is 37.6 Å². The number of hydrogen-bond acceptors (Lipinski definition) is 7. The van der Waals surface area contributed by atoms with Gasteiger partial charge < -0.3 is 10.1 Å². The van der Waals surface area contributed by atoms with Crippen LogP contribution in [0.25, 0.3) is 0 Å². The number of sulfonamides is 2. The van der Waals surface area contributed by atoms with Crippen molar-refractivity contribution in [2.45, 2.75) is 22.6 Å². The lowest BCUT2D eigenvalue weighted by Crippen LogP contribution is -2.27. The molecule has 0 radical (unpaired) electrons. The van der Waals surface area contributed by atoms with Gasteiger partial charge >= 0.3 is 5.97 Å². The van der Waals surface area contributed by atoms with Crippen LogP contribution in [0.15, 0.2) is 58.3 Å². The first-order valence-electron chi connectivity index (χ1n) is 10.1. The van der Waals surface area contributed by atoms with Gasteiger partial charge in [-0.15, -0.1) is 0 Å². The van der Waals surface area contributed by atoms with Gasteiger partial charge in [-0.25, -0.2) is 25.9 Å². The molecule has 0 saturated carbocycles. The number of anilines is 1. The summed E-state index contributed by atoms with van der Waals surface area (Å²) in [5.41, 5.74) is 0.451. The summed E-state index contributed by atoms with van der Waals surface area (Å²) < 4.78 is 56.7. The Hall–Kier alpha value is -2.80. The predicted octanol–water partition coefficient (Wildman–Crippen LogP) is 1.52. The molecule has 0 unspecified atom stereocenters. The molecule has 1 saturated heterocycles. The molecule has 0 atom stereocenters. The molecule has 2 aromatic rings. The zero-order chi connectivity index (χ0) is 24.2. The predicted molar refractivity (Wildman–Crippen MR) is 121 cm³/mol. The summed E-state index contributed by atoms with van der Waals surface area (Å²) in [6.45, 7) is 0.398. The fourth-order valence-electron chi connectivity index (χ4n) is 3.17. The Bertz CT molecular complexity index is 1220. The van der Waals surface area contributed by atoms with Gasteiger partial charge in [-0.1, -0.05) is 0 Å². The van der Waals surface area contributed by atoms with Gasteiger partial charge in [0.25, 0.3) is 5.91 Å². The van der Waals surface area contributed by atoms with Crippen LogP contribution in [0.3, 0.4) is 0 Å². The summed E-state index contributed by atoms with van der Waals surface area (Å²) in [7, 11) is -4.33. The second-order valence-corrected chi connectivity index (χ2v) is 11.7. The van der Waals surface area contributed by atoms with Crippen molar-refractivity contribution in [2.75, 3.05) is 39.1 Å². The Morgan fingerprint density at radius 3 is 2.00 bits per heavy atom. The van der Waals surface area contributed by atoms with E-state index in [-0.39, 0.29) is 15.4 Å². The first-order valence-corrected chi connectivity index (χ1v) is 13.0. The molecule has 0 spiro atoms. The zero-order valence-electron chi connectivity index (χ0n) is 18.2. The van der Waals surface area contributed by atoms with Gasteiger partial charge in [-0.2, -0.15) is 4.31 Å². The molecule has 1 aliphatic heterocycles. The number of carbonyl (C=O) groups excluding carboxylic acids is 2. The third-order valence-electron chi connectivity index (χ3n) is 5.04. The van der Waals surface area contributed by atoms with Gasteiger partial charge in [0.15, 0.2) is 6.61 Å². The Morgan fingerprint density at radius 1 is 0.909 bits per heavy atom. The summed E-state index contributed by atoms with van der Waals surface area (Å²) in [5.74, 6) is -1.39. The quantitative estimate of drug-likeness (QED) is 0.550. The first kappa shape index (κ1) is 24.8. The third-order valence-corrected chi connectivity index (χ3v) is 8.79. The van der Waals surface area contributed by atoms with Crippen molar-refractivity contribution in [3.63, 3.8) is 0 Å². The molecule has 12 heteroatoms. The van der Waals surface area contributed by atoms with Crippen molar-refractivity contribution in [3.8, 4) is 0 Å². The van der Waals surface area contributed by atoms with E-state index >= 15 is 0 Å². The smallest absolute Gasteiger partial charge is 0.338 e. The largest absolute Gasteiger partial charge is 0.452 e. The molecular formula is C21H25N3O7S2. The molecule has 1 aliphatic rings. The van der Waals surface area contributed by atoms with E-state index in [1.807, 2.05) is 0 Å². The van der Waals surface area contributed by atoms with Crippen LogP contribution in [0.5, 0.6) is 0 Å². The molecule has 1 N–H and O–H groups in total. The van der Waals surface area contributed by atoms with Crippen LogP contribution in [-0.2, 0) is 29.6 Å². The molecule has 0 aliphatic carbocycles. The van der Waals surface area contributed by atoms with Crippen LogP contribution in [0.2, 0.25) is 0 Å². The zero-order valence-corrected chi connectivity index (χ0v) is 19.9. The Morgan fingerprint density at radius 2 is 1.45 bits per heavy atom. The molecular weight excluding hydrogens is 470 g/mol. The minimum absolute atomic E-state index is 0.0760. The average molecular weight is 496 g/mol. The van der Waals surface area contributed by atoms with Crippen LogP contribution in [0, 0.1) is 0 Å². The molecule has 3 rings (SSSR count). The highest BCUT2D eigenvalue weighted by molar-refractivity contribution is 7.89. The van der Waals surface area contributed by atoms with Crippen molar-refractivity contribution in [1.29, 1.82) is 0 Å². The number of nitrogens with zero attached hydrogens (tertiary/aromatic N) is 2. The number of carbonyl (C=O) groups is 2. The Kier molecular flexibility index (Phi) is 7.52. The molecule has 33 heavy (non-hydrogen) atoms. The molecule has 1 fully saturated rings. The summed E-state index contributed by atoms with van der Waals surface area (Å²) in [5, 5.41) is 2.51. The van der Waals surface area contributed by atoms with E-state index in [1.54, 1.807) is 0 Å². The summed E-state index contributed by atoms with van der Waals surface area (Å²) in [6, 6.07) is 10.9. The van der Waals surface area contributed by atoms with Crippen LogP contribution < -0.4 is 5.32 Å². The second-order valence-electron chi connectivity index (χ2n) is 7.57. The van der Waals surface area contributed by atoms with Crippen molar-refractivity contribution in [3.05, 3.63) is 54.1 Å². The van der Waals surface area contributed by atoms with Gasteiger partial charge in [0.05, 0.1) is 15.4 Å². The van der Waals surface area contributed by atoms with Crippen molar-refractivity contribution in [2.24, 2.45) is 0 Å².